The minimum atomic E-state index is -1.13. The van der Waals surface area contributed by atoms with Crippen molar-refractivity contribution in [1.29, 1.82) is 0 Å². The van der Waals surface area contributed by atoms with Crippen LogP contribution in [-0.2, 0) is 20.6 Å². The largest absolute Gasteiger partial charge is 0.331 e. The van der Waals surface area contributed by atoms with Crippen LogP contribution in [0.25, 0.3) is 0 Å². The number of rotatable bonds is 14. The first kappa shape index (κ1) is 23.0. The van der Waals surface area contributed by atoms with Crippen LogP contribution < -0.4 is 0 Å². The summed E-state index contributed by atoms with van der Waals surface area (Å²) in [6, 6.07) is 3.64. The molecule has 1 aromatic rings. The number of benzene rings is 1. The molecule has 0 N–H and O–H groups in total. The molecule has 3 nitrogen and oxygen atoms in total. The van der Waals surface area contributed by atoms with Gasteiger partial charge in [0.1, 0.15) is 11.6 Å². The first-order valence-electron chi connectivity index (χ1n) is 9.61. The van der Waals surface area contributed by atoms with Gasteiger partial charge in [0.25, 0.3) is 5.97 Å². The minimum absolute atomic E-state index is 0.0278. The standard InChI is InChI=1S/C21H34F2O3/c1-5-6-7-8-9-10-11-18(21(24-2,25-3)26-4)13-12-17-14-19(22)16-20(23)15-17/h14-16,18H,5-13H2,1-4H3. The van der Waals surface area contributed by atoms with E-state index in [1.165, 1.54) is 37.8 Å². The highest BCUT2D eigenvalue weighted by Gasteiger charge is 2.39. The van der Waals surface area contributed by atoms with Gasteiger partial charge in [0, 0.05) is 33.3 Å². The van der Waals surface area contributed by atoms with Gasteiger partial charge in [-0.25, -0.2) is 8.78 Å². The molecule has 0 saturated heterocycles. The summed E-state index contributed by atoms with van der Waals surface area (Å²) in [6.45, 7) is 2.20. The highest BCUT2D eigenvalue weighted by Crippen LogP contribution is 2.32. The van der Waals surface area contributed by atoms with E-state index in [2.05, 4.69) is 6.92 Å². The molecule has 0 aliphatic heterocycles. The fourth-order valence-electron chi connectivity index (χ4n) is 3.52. The summed E-state index contributed by atoms with van der Waals surface area (Å²) in [6.07, 6.45) is 9.24. The van der Waals surface area contributed by atoms with Crippen LogP contribution in [0.5, 0.6) is 0 Å². The molecular weight excluding hydrogens is 338 g/mol. The third kappa shape index (κ3) is 7.29. The van der Waals surface area contributed by atoms with E-state index in [9.17, 15) is 8.78 Å². The number of ether oxygens (including phenoxy) is 3. The Bertz CT molecular complexity index is 476. The molecule has 0 fully saturated rings. The summed E-state index contributed by atoms with van der Waals surface area (Å²) >= 11 is 0. The number of methoxy groups -OCH3 is 3. The molecule has 0 aromatic heterocycles. The monoisotopic (exact) mass is 372 g/mol. The zero-order valence-corrected chi connectivity index (χ0v) is 16.7. The van der Waals surface area contributed by atoms with Crippen molar-refractivity contribution in [3.05, 3.63) is 35.4 Å². The molecule has 1 rings (SSSR count). The number of hydrogen-bond acceptors (Lipinski definition) is 3. The number of aryl methyl sites for hydroxylation is 1. The number of hydrogen-bond donors (Lipinski definition) is 0. The predicted octanol–water partition coefficient (Wildman–Crippen LogP) is 5.86. The van der Waals surface area contributed by atoms with Crippen LogP contribution in [0.4, 0.5) is 8.78 Å². The molecular formula is C21H34F2O3. The lowest BCUT2D eigenvalue weighted by Crippen LogP contribution is -2.44. The van der Waals surface area contributed by atoms with Crippen LogP contribution >= 0.6 is 0 Å². The number of halogens is 2. The molecule has 1 aromatic carbocycles. The maximum Gasteiger partial charge on any atom is 0.285 e. The highest BCUT2D eigenvalue weighted by molar-refractivity contribution is 5.18. The molecule has 5 heteroatoms. The molecule has 0 saturated carbocycles. The van der Waals surface area contributed by atoms with E-state index >= 15 is 0 Å². The van der Waals surface area contributed by atoms with Crippen molar-refractivity contribution < 1.29 is 23.0 Å². The number of unbranched alkanes of at least 4 members (excludes halogenated alkanes) is 5. The van der Waals surface area contributed by atoms with Gasteiger partial charge >= 0.3 is 0 Å². The Morgan fingerprint density at radius 1 is 0.808 bits per heavy atom. The van der Waals surface area contributed by atoms with Crippen molar-refractivity contribution >= 4 is 0 Å². The lowest BCUT2D eigenvalue weighted by atomic mass is 9.91. The Morgan fingerprint density at radius 3 is 1.88 bits per heavy atom. The highest BCUT2D eigenvalue weighted by atomic mass is 19.1. The van der Waals surface area contributed by atoms with Crippen molar-refractivity contribution in [1.82, 2.24) is 0 Å². The van der Waals surface area contributed by atoms with Crippen LogP contribution in [0.3, 0.4) is 0 Å². The molecule has 0 aliphatic carbocycles. The van der Waals surface area contributed by atoms with Crippen molar-refractivity contribution in [2.75, 3.05) is 21.3 Å². The topological polar surface area (TPSA) is 27.7 Å². The Labute approximate surface area is 157 Å². The normalized spacial score (nSPS) is 13.2. The van der Waals surface area contributed by atoms with Crippen LogP contribution in [0, 0.1) is 17.6 Å². The molecule has 1 atom stereocenters. The molecule has 150 valence electrons. The third-order valence-electron chi connectivity index (χ3n) is 4.96. The fraction of sp³-hybridized carbons (Fsp3) is 0.714. The van der Waals surface area contributed by atoms with E-state index in [1.54, 1.807) is 21.3 Å². The minimum Gasteiger partial charge on any atom is -0.331 e. The first-order valence-corrected chi connectivity index (χ1v) is 9.61. The van der Waals surface area contributed by atoms with Gasteiger partial charge in [0.2, 0.25) is 0 Å². The van der Waals surface area contributed by atoms with Crippen molar-refractivity contribution in [3.8, 4) is 0 Å². The predicted molar refractivity (Wildman–Crippen MR) is 99.9 cm³/mol. The second kappa shape index (κ2) is 12.4. The van der Waals surface area contributed by atoms with E-state index in [0.29, 0.717) is 18.4 Å². The summed E-state index contributed by atoms with van der Waals surface area (Å²) < 4.78 is 43.5. The van der Waals surface area contributed by atoms with E-state index in [0.717, 1.165) is 25.3 Å². The van der Waals surface area contributed by atoms with Crippen LogP contribution in [0.2, 0.25) is 0 Å². The summed E-state index contributed by atoms with van der Waals surface area (Å²) in [5.74, 6) is -2.26. The van der Waals surface area contributed by atoms with Crippen molar-refractivity contribution in [2.24, 2.45) is 5.92 Å². The van der Waals surface area contributed by atoms with Crippen LogP contribution in [0.1, 0.15) is 63.9 Å². The zero-order valence-electron chi connectivity index (χ0n) is 16.7. The van der Waals surface area contributed by atoms with Crippen molar-refractivity contribution in [3.63, 3.8) is 0 Å². The second-order valence-corrected chi connectivity index (χ2v) is 6.79. The Balaban J connectivity index is 2.70. The van der Waals surface area contributed by atoms with E-state index in [-0.39, 0.29) is 5.92 Å². The van der Waals surface area contributed by atoms with Gasteiger partial charge in [-0.1, -0.05) is 45.4 Å². The molecule has 0 aliphatic rings. The van der Waals surface area contributed by atoms with Crippen LogP contribution in [-0.4, -0.2) is 27.3 Å². The van der Waals surface area contributed by atoms with E-state index < -0.39 is 17.6 Å². The maximum absolute atomic E-state index is 13.4. The van der Waals surface area contributed by atoms with Gasteiger partial charge in [-0.2, -0.15) is 0 Å². The smallest absolute Gasteiger partial charge is 0.285 e. The second-order valence-electron chi connectivity index (χ2n) is 6.79. The maximum atomic E-state index is 13.4. The average Bonchev–Trinajstić information content (AvgIpc) is 2.62. The lowest BCUT2D eigenvalue weighted by Gasteiger charge is -2.36. The van der Waals surface area contributed by atoms with Gasteiger partial charge in [0.05, 0.1) is 0 Å². The first-order chi connectivity index (χ1) is 12.5. The van der Waals surface area contributed by atoms with E-state index in [4.69, 9.17) is 14.2 Å². The van der Waals surface area contributed by atoms with Gasteiger partial charge in [-0.05, 0) is 37.0 Å². The van der Waals surface area contributed by atoms with Crippen LogP contribution in [0.15, 0.2) is 18.2 Å². The molecule has 26 heavy (non-hydrogen) atoms. The molecule has 1 unspecified atom stereocenters. The molecule has 0 spiro atoms. The molecule has 0 radical (unpaired) electrons. The van der Waals surface area contributed by atoms with E-state index in [1.807, 2.05) is 0 Å². The summed E-state index contributed by atoms with van der Waals surface area (Å²) in [4.78, 5) is 0. The lowest BCUT2D eigenvalue weighted by molar-refractivity contribution is -0.380. The van der Waals surface area contributed by atoms with Gasteiger partial charge < -0.3 is 14.2 Å². The zero-order chi connectivity index (χ0) is 19.4. The Kier molecular flexibility index (Phi) is 10.9. The Morgan fingerprint density at radius 2 is 1.35 bits per heavy atom. The Hall–Kier alpha value is -1.04. The van der Waals surface area contributed by atoms with Gasteiger partial charge in [0.15, 0.2) is 0 Å². The summed E-state index contributed by atoms with van der Waals surface area (Å²) in [7, 11) is 4.68. The fourth-order valence-corrected chi connectivity index (χ4v) is 3.52. The van der Waals surface area contributed by atoms with Gasteiger partial charge in [-0.3, -0.25) is 0 Å². The van der Waals surface area contributed by atoms with Crippen molar-refractivity contribution in [2.45, 2.75) is 70.7 Å². The van der Waals surface area contributed by atoms with Gasteiger partial charge in [-0.15, -0.1) is 0 Å². The molecule has 0 bridgehead atoms. The SMILES string of the molecule is CCCCCCCCC(CCc1cc(F)cc(F)c1)C(OC)(OC)OC. The average molecular weight is 372 g/mol. The molecule has 0 heterocycles. The quantitative estimate of drug-likeness (QED) is 0.302. The molecule has 0 amide bonds. The summed E-state index contributed by atoms with van der Waals surface area (Å²) in [5, 5.41) is 0. The third-order valence-corrected chi connectivity index (χ3v) is 4.96. The summed E-state index contributed by atoms with van der Waals surface area (Å²) in [5.41, 5.74) is 0.632.